The molecule has 0 aromatic carbocycles. The van der Waals surface area contributed by atoms with Crippen molar-refractivity contribution in [1.82, 2.24) is 0 Å². The summed E-state index contributed by atoms with van der Waals surface area (Å²) in [4.78, 5) is 0. The van der Waals surface area contributed by atoms with Crippen molar-refractivity contribution in [1.29, 1.82) is 0 Å². The normalized spacial score (nSPS) is 48.7. The molecular formula is C14H22O. The van der Waals surface area contributed by atoms with Gasteiger partial charge in [-0.25, -0.2) is 0 Å². The first kappa shape index (κ1) is 9.89. The third-order valence-corrected chi connectivity index (χ3v) is 4.99. The third-order valence-electron chi connectivity index (χ3n) is 4.99. The first-order chi connectivity index (χ1) is 7.40. The molecule has 1 aliphatic heterocycles. The van der Waals surface area contributed by atoms with Crippen molar-refractivity contribution in [3.63, 3.8) is 0 Å². The highest BCUT2D eigenvalue weighted by atomic mass is 16.5. The van der Waals surface area contributed by atoms with Crippen molar-refractivity contribution >= 4 is 0 Å². The van der Waals surface area contributed by atoms with Gasteiger partial charge in [-0.1, -0.05) is 6.08 Å². The molecule has 5 unspecified atom stereocenters. The highest BCUT2D eigenvalue weighted by Gasteiger charge is 2.50. The smallest absolute Gasteiger partial charge is 0.0609 e. The Morgan fingerprint density at radius 1 is 1.20 bits per heavy atom. The second-order valence-corrected chi connectivity index (χ2v) is 5.65. The molecule has 0 radical (unpaired) electrons. The lowest BCUT2D eigenvalue weighted by atomic mass is 9.74. The van der Waals surface area contributed by atoms with Crippen molar-refractivity contribution in [3.05, 3.63) is 12.7 Å². The molecule has 15 heavy (non-hydrogen) atoms. The second kappa shape index (κ2) is 3.93. The lowest BCUT2D eigenvalue weighted by Crippen LogP contribution is -2.32. The van der Waals surface area contributed by atoms with E-state index in [1.807, 2.05) is 0 Å². The van der Waals surface area contributed by atoms with Crippen LogP contribution in [-0.4, -0.2) is 12.7 Å². The number of hydrogen-bond donors (Lipinski definition) is 0. The van der Waals surface area contributed by atoms with Crippen LogP contribution in [0.25, 0.3) is 0 Å². The van der Waals surface area contributed by atoms with Crippen molar-refractivity contribution < 1.29 is 4.74 Å². The molecule has 1 heterocycles. The fourth-order valence-electron chi connectivity index (χ4n) is 4.48. The van der Waals surface area contributed by atoms with Gasteiger partial charge >= 0.3 is 0 Å². The topological polar surface area (TPSA) is 9.23 Å². The summed E-state index contributed by atoms with van der Waals surface area (Å²) in [5.74, 6) is 3.78. The minimum atomic E-state index is 0.602. The molecule has 1 nitrogen and oxygen atoms in total. The fourth-order valence-corrected chi connectivity index (χ4v) is 4.48. The van der Waals surface area contributed by atoms with Crippen LogP contribution in [0, 0.1) is 23.7 Å². The lowest BCUT2D eigenvalue weighted by molar-refractivity contribution is 0.0145. The van der Waals surface area contributed by atoms with Gasteiger partial charge in [-0.05, 0) is 62.2 Å². The van der Waals surface area contributed by atoms with E-state index in [0.717, 1.165) is 30.3 Å². The molecule has 3 rings (SSSR count). The number of allylic oxidation sites excluding steroid dienone is 1. The maximum Gasteiger partial charge on any atom is 0.0609 e. The molecule has 0 spiro atoms. The molecule has 5 atom stereocenters. The summed E-state index contributed by atoms with van der Waals surface area (Å²) in [5.41, 5.74) is 0. The molecule has 3 aliphatic rings. The maximum atomic E-state index is 5.93. The zero-order chi connectivity index (χ0) is 10.3. The van der Waals surface area contributed by atoms with E-state index in [2.05, 4.69) is 12.7 Å². The van der Waals surface area contributed by atoms with Crippen LogP contribution in [0.3, 0.4) is 0 Å². The highest BCUT2D eigenvalue weighted by molar-refractivity contribution is 5.01. The molecule has 2 bridgehead atoms. The van der Waals surface area contributed by atoms with E-state index in [1.165, 1.54) is 38.5 Å². The Balaban J connectivity index is 1.76. The van der Waals surface area contributed by atoms with Gasteiger partial charge in [0.25, 0.3) is 0 Å². The Kier molecular flexibility index (Phi) is 2.59. The molecule has 0 N–H and O–H groups in total. The summed E-state index contributed by atoms with van der Waals surface area (Å²) >= 11 is 0. The van der Waals surface area contributed by atoms with Gasteiger partial charge < -0.3 is 4.74 Å². The Hall–Kier alpha value is -0.300. The van der Waals surface area contributed by atoms with E-state index in [-0.39, 0.29) is 0 Å². The van der Waals surface area contributed by atoms with Crippen LogP contribution >= 0.6 is 0 Å². The molecule has 2 saturated carbocycles. The second-order valence-electron chi connectivity index (χ2n) is 5.65. The standard InChI is InChI=1S/C14H22O/c1-2-4-12-10-6-7-11(9-10)14(12)13-5-3-8-15-13/h2,10-14H,1,3-9H2. The quantitative estimate of drug-likeness (QED) is 0.643. The summed E-state index contributed by atoms with van der Waals surface area (Å²) in [6, 6.07) is 0. The van der Waals surface area contributed by atoms with Gasteiger partial charge in [0, 0.05) is 6.61 Å². The van der Waals surface area contributed by atoms with Crippen molar-refractivity contribution in [3.8, 4) is 0 Å². The SMILES string of the molecule is C=CCC1C2CCC(C2)C1C1CCCO1. The maximum absolute atomic E-state index is 5.93. The van der Waals surface area contributed by atoms with E-state index in [9.17, 15) is 0 Å². The number of rotatable bonds is 3. The van der Waals surface area contributed by atoms with E-state index < -0.39 is 0 Å². The monoisotopic (exact) mass is 206 g/mol. The van der Waals surface area contributed by atoms with E-state index in [4.69, 9.17) is 4.74 Å². The average molecular weight is 206 g/mol. The van der Waals surface area contributed by atoms with Gasteiger partial charge in [-0.3, -0.25) is 0 Å². The third kappa shape index (κ3) is 1.56. The molecule has 1 heteroatoms. The fraction of sp³-hybridized carbons (Fsp3) is 0.857. The van der Waals surface area contributed by atoms with Gasteiger partial charge in [0.15, 0.2) is 0 Å². The zero-order valence-electron chi connectivity index (χ0n) is 9.53. The van der Waals surface area contributed by atoms with Crippen LogP contribution < -0.4 is 0 Å². The van der Waals surface area contributed by atoms with E-state index in [0.29, 0.717) is 6.10 Å². The molecule has 0 amide bonds. The summed E-state index contributed by atoms with van der Waals surface area (Å²) in [6.45, 7) is 4.94. The average Bonchev–Trinajstić information content (AvgIpc) is 2.93. The minimum absolute atomic E-state index is 0.602. The van der Waals surface area contributed by atoms with Crippen LogP contribution in [0.1, 0.15) is 38.5 Å². The molecule has 84 valence electrons. The number of ether oxygens (including phenoxy) is 1. The summed E-state index contributed by atoms with van der Waals surface area (Å²) in [7, 11) is 0. The Labute approximate surface area is 92.9 Å². The van der Waals surface area contributed by atoms with Crippen LogP contribution in [0.4, 0.5) is 0 Å². The van der Waals surface area contributed by atoms with E-state index in [1.54, 1.807) is 0 Å². The van der Waals surface area contributed by atoms with Crippen molar-refractivity contribution in [2.45, 2.75) is 44.6 Å². The van der Waals surface area contributed by atoms with Crippen LogP contribution in [0.5, 0.6) is 0 Å². The zero-order valence-corrected chi connectivity index (χ0v) is 9.53. The first-order valence-corrected chi connectivity index (χ1v) is 6.62. The van der Waals surface area contributed by atoms with Gasteiger partial charge in [0.1, 0.15) is 0 Å². The van der Waals surface area contributed by atoms with Crippen molar-refractivity contribution in [2.24, 2.45) is 23.7 Å². The minimum Gasteiger partial charge on any atom is -0.378 e. The molecule has 1 saturated heterocycles. The first-order valence-electron chi connectivity index (χ1n) is 6.62. The van der Waals surface area contributed by atoms with Crippen LogP contribution in [-0.2, 0) is 4.74 Å². The molecule has 0 aromatic heterocycles. The Morgan fingerprint density at radius 3 is 2.80 bits per heavy atom. The predicted octanol–water partition coefficient (Wildman–Crippen LogP) is 3.40. The van der Waals surface area contributed by atoms with E-state index >= 15 is 0 Å². The molecular weight excluding hydrogens is 184 g/mol. The van der Waals surface area contributed by atoms with Gasteiger partial charge in [0.05, 0.1) is 6.10 Å². The molecule has 0 aromatic rings. The van der Waals surface area contributed by atoms with Crippen LogP contribution in [0.15, 0.2) is 12.7 Å². The molecule has 3 fully saturated rings. The number of fused-ring (bicyclic) bond motifs is 2. The van der Waals surface area contributed by atoms with Crippen molar-refractivity contribution in [2.75, 3.05) is 6.61 Å². The highest BCUT2D eigenvalue weighted by Crippen LogP contribution is 2.56. The Bertz CT molecular complexity index is 242. The summed E-state index contributed by atoms with van der Waals surface area (Å²) in [6.07, 6.45) is 11.0. The summed E-state index contributed by atoms with van der Waals surface area (Å²) in [5, 5.41) is 0. The van der Waals surface area contributed by atoms with Gasteiger partial charge in [-0.15, -0.1) is 6.58 Å². The Morgan fingerprint density at radius 2 is 2.07 bits per heavy atom. The van der Waals surface area contributed by atoms with Crippen LogP contribution in [0.2, 0.25) is 0 Å². The van der Waals surface area contributed by atoms with Gasteiger partial charge in [-0.2, -0.15) is 0 Å². The largest absolute Gasteiger partial charge is 0.378 e. The number of hydrogen-bond acceptors (Lipinski definition) is 1. The predicted molar refractivity (Wildman–Crippen MR) is 61.6 cm³/mol. The van der Waals surface area contributed by atoms with Gasteiger partial charge in [0.2, 0.25) is 0 Å². The summed E-state index contributed by atoms with van der Waals surface area (Å²) < 4.78 is 5.93. The lowest BCUT2D eigenvalue weighted by Gasteiger charge is -2.34. The molecule has 2 aliphatic carbocycles.